The molecule has 1 unspecified atom stereocenters. The average Bonchev–Trinajstić information content (AvgIpc) is 2.66. The lowest BCUT2D eigenvalue weighted by atomic mass is 10.1. The molecule has 1 atom stereocenters. The van der Waals surface area contributed by atoms with Crippen LogP contribution in [0.1, 0.15) is 12.0 Å². The SMILES string of the molecule is OCC1CC(c2ccc(Cl)cc2Cl)=NO1. The fraction of sp³-hybridized carbons (Fsp3) is 0.300. The van der Waals surface area contributed by atoms with Crippen molar-refractivity contribution in [1.29, 1.82) is 0 Å². The summed E-state index contributed by atoms with van der Waals surface area (Å²) in [5.74, 6) is 0. The highest BCUT2D eigenvalue weighted by molar-refractivity contribution is 6.37. The molecular weight excluding hydrogens is 237 g/mol. The number of hydrogen-bond donors (Lipinski definition) is 1. The Hall–Kier alpha value is -0.770. The summed E-state index contributed by atoms with van der Waals surface area (Å²) in [4.78, 5) is 5.00. The number of halogens is 2. The molecule has 0 fully saturated rings. The second-order valence-electron chi connectivity index (χ2n) is 3.28. The van der Waals surface area contributed by atoms with Crippen molar-refractivity contribution in [3.8, 4) is 0 Å². The van der Waals surface area contributed by atoms with Crippen LogP contribution in [0.15, 0.2) is 23.4 Å². The number of aliphatic hydroxyl groups excluding tert-OH is 1. The Kier molecular flexibility index (Phi) is 3.14. The zero-order valence-electron chi connectivity index (χ0n) is 7.78. The molecule has 0 amide bonds. The van der Waals surface area contributed by atoms with Gasteiger partial charge in [0.1, 0.15) is 0 Å². The van der Waals surface area contributed by atoms with Crippen LogP contribution in [0.2, 0.25) is 10.0 Å². The van der Waals surface area contributed by atoms with Crippen molar-refractivity contribution in [2.75, 3.05) is 6.61 Å². The van der Waals surface area contributed by atoms with E-state index in [1.807, 2.05) is 0 Å². The van der Waals surface area contributed by atoms with Gasteiger partial charge in [0.15, 0.2) is 6.10 Å². The van der Waals surface area contributed by atoms with Gasteiger partial charge in [-0.15, -0.1) is 0 Å². The van der Waals surface area contributed by atoms with E-state index < -0.39 is 0 Å². The molecule has 3 nitrogen and oxygen atoms in total. The van der Waals surface area contributed by atoms with Gasteiger partial charge in [-0.2, -0.15) is 0 Å². The van der Waals surface area contributed by atoms with Crippen LogP contribution in [-0.4, -0.2) is 23.5 Å². The molecule has 0 saturated carbocycles. The third-order valence-electron chi connectivity index (χ3n) is 2.18. The van der Waals surface area contributed by atoms with E-state index in [0.29, 0.717) is 16.5 Å². The second kappa shape index (κ2) is 4.39. The molecule has 1 N–H and O–H groups in total. The Morgan fingerprint density at radius 2 is 2.27 bits per heavy atom. The molecule has 15 heavy (non-hydrogen) atoms. The van der Waals surface area contributed by atoms with Gasteiger partial charge in [-0.3, -0.25) is 0 Å². The molecule has 0 radical (unpaired) electrons. The summed E-state index contributed by atoms with van der Waals surface area (Å²) in [6.07, 6.45) is 0.310. The Balaban J connectivity index is 2.24. The molecule has 1 aromatic carbocycles. The first-order valence-corrected chi connectivity index (χ1v) is 5.25. The van der Waals surface area contributed by atoms with Gasteiger partial charge in [0.05, 0.1) is 17.3 Å². The van der Waals surface area contributed by atoms with E-state index in [0.717, 1.165) is 11.3 Å². The highest BCUT2D eigenvalue weighted by atomic mass is 35.5. The van der Waals surface area contributed by atoms with Gasteiger partial charge in [0.2, 0.25) is 0 Å². The van der Waals surface area contributed by atoms with Gasteiger partial charge in [-0.05, 0) is 12.1 Å². The largest absolute Gasteiger partial charge is 0.392 e. The van der Waals surface area contributed by atoms with Crippen LogP contribution in [0.25, 0.3) is 0 Å². The Morgan fingerprint density at radius 1 is 1.47 bits per heavy atom. The van der Waals surface area contributed by atoms with Crippen molar-refractivity contribution >= 4 is 28.9 Å². The molecule has 0 saturated heterocycles. The fourth-order valence-electron chi connectivity index (χ4n) is 1.41. The Labute approximate surface area is 97.2 Å². The third-order valence-corrected chi connectivity index (χ3v) is 2.73. The molecule has 2 rings (SSSR count). The van der Waals surface area contributed by atoms with E-state index in [1.54, 1.807) is 18.2 Å². The third kappa shape index (κ3) is 2.25. The van der Waals surface area contributed by atoms with Crippen LogP contribution in [0.4, 0.5) is 0 Å². The molecule has 1 aliphatic rings. The van der Waals surface area contributed by atoms with Crippen LogP contribution in [-0.2, 0) is 4.84 Å². The number of oxime groups is 1. The Morgan fingerprint density at radius 3 is 2.87 bits per heavy atom. The van der Waals surface area contributed by atoms with Crippen LogP contribution < -0.4 is 0 Å². The topological polar surface area (TPSA) is 41.8 Å². The van der Waals surface area contributed by atoms with Gasteiger partial charge < -0.3 is 9.94 Å². The van der Waals surface area contributed by atoms with Crippen molar-refractivity contribution in [3.63, 3.8) is 0 Å². The first-order chi connectivity index (χ1) is 7.20. The molecule has 0 aromatic heterocycles. The maximum atomic E-state index is 8.89. The summed E-state index contributed by atoms with van der Waals surface area (Å²) < 4.78 is 0. The zero-order valence-corrected chi connectivity index (χ0v) is 9.29. The van der Waals surface area contributed by atoms with Crippen molar-refractivity contribution in [2.24, 2.45) is 5.16 Å². The van der Waals surface area contributed by atoms with Gasteiger partial charge in [-0.25, -0.2) is 0 Å². The summed E-state index contributed by atoms with van der Waals surface area (Å²) in [6.45, 7) is -0.0434. The van der Waals surface area contributed by atoms with Gasteiger partial charge in [-0.1, -0.05) is 34.4 Å². The first kappa shape index (κ1) is 10.7. The maximum absolute atomic E-state index is 8.89. The average molecular weight is 246 g/mol. The second-order valence-corrected chi connectivity index (χ2v) is 4.12. The van der Waals surface area contributed by atoms with E-state index >= 15 is 0 Å². The molecule has 0 aliphatic carbocycles. The highest BCUT2D eigenvalue weighted by Gasteiger charge is 2.22. The molecular formula is C10H9Cl2NO2. The van der Waals surface area contributed by atoms with Crippen LogP contribution >= 0.6 is 23.2 Å². The molecule has 1 heterocycles. The molecule has 80 valence electrons. The fourth-order valence-corrected chi connectivity index (χ4v) is 1.93. The van der Waals surface area contributed by atoms with E-state index in [9.17, 15) is 0 Å². The molecule has 5 heteroatoms. The van der Waals surface area contributed by atoms with E-state index in [1.165, 1.54) is 0 Å². The molecule has 0 bridgehead atoms. The number of rotatable bonds is 2. The lowest BCUT2D eigenvalue weighted by Gasteiger charge is -2.03. The van der Waals surface area contributed by atoms with Crippen molar-refractivity contribution in [1.82, 2.24) is 0 Å². The van der Waals surface area contributed by atoms with Crippen LogP contribution in [0.3, 0.4) is 0 Å². The van der Waals surface area contributed by atoms with Crippen molar-refractivity contribution in [2.45, 2.75) is 12.5 Å². The maximum Gasteiger partial charge on any atom is 0.156 e. The van der Waals surface area contributed by atoms with E-state index in [4.69, 9.17) is 33.1 Å². The highest BCUT2D eigenvalue weighted by Crippen LogP contribution is 2.25. The quantitative estimate of drug-likeness (QED) is 0.870. The molecule has 0 spiro atoms. The Bertz CT molecular complexity index is 406. The van der Waals surface area contributed by atoms with Crippen LogP contribution in [0, 0.1) is 0 Å². The minimum Gasteiger partial charge on any atom is -0.392 e. The van der Waals surface area contributed by atoms with Crippen LogP contribution in [0.5, 0.6) is 0 Å². The van der Waals surface area contributed by atoms with Gasteiger partial charge >= 0.3 is 0 Å². The lowest BCUT2D eigenvalue weighted by molar-refractivity contribution is 0.0390. The lowest BCUT2D eigenvalue weighted by Crippen LogP contribution is -2.12. The summed E-state index contributed by atoms with van der Waals surface area (Å²) >= 11 is 11.8. The van der Waals surface area contributed by atoms with Crippen molar-refractivity contribution < 1.29 is 9.94 Å². The van der Waals surface area contributed by atoms with E-state index in [-0.39, 0.29) is 12.7 Å². The zero-order chi connectivity index (χ0) is 10.8. The number of benzene rings is 1. The first-order valence-electron chi connectivity index (χ1n) is 4.49. The number of hydrogen-bond acceptors (Lipinski definition) is 3. The minimum absolute atomic E-state index is 0.0434. The molecule has 1 aliphatic heterocycles. The summed E-state index contributed by atoms with van der Waals surface area (Å²) in [5.41, 5.74) is 1.55. The predicted octanol–water partition coefficient (Wildman–Crippen LogP) is 2.48. The monoisotopic (exact) mass is 245 g/mol. The standard InChI is InChI=1S/C10H9Cl2NO2/c11-6-1-2-8(9(12)3-6)10-4-7(5-14)15-13-10/h1-3,7,14H,4-5H2. The predicted molar refractivity (Wildman–Crippen MR) is 59.6 cm³/mol. The summed E-state index contributed by atoms with van der Waals surface area (Å²) in [6, 6.07) is 5.21. The normalized spacial score (nSPS) is 19.9. The summed E-state index contributed by atoms with van der Waals surface area (Å²) in [7, 11) is 0. The van der Waals surface area contributed by atoms with Gasteiger partial charge in [0.25, 0.3) is 0 Å². The minimum atomic E-state index is -0.258. The van der Waals surface area contributed by atoms with Crippen molar-refractivity contribution in [3.05, 3.63) is 33.8 Å². The summed E-state index contributed by atoms with van der Waals surface area (Å²) in [5, 5.41) is 13.9. The number of nitrogens with zero attached hydrogens (tertiary/aromatic N) is 1. The number of aliphatic hydroxyl groups is 1. The molecule has 1 aromatic rings. The van der Waals surface area contributed by atoms with Gasteiger partial charge in [0, 0.05) is 17.0 Å². The smallest absolute Gasteiger partial charge is 0.156 e. The van der Waals surface area contributed by atoms with E-state index in [2.05, 4.69) is 5.16 Å².